The van der Waals surface area contributed by atoms with Crippen molar-refractivity contribution in [2.75, 3.05) is 25.1 Å². The summed E-state index contributed by atoms with van der Waals surface area (Å²) in [7, 11) is 1.83. The normalized spacial score (nSPS) is 18.4. The fourth-order valence-electron chi connectivity index (χ4n) is 6.46. The lowest BCUT2D eigenvalue weighted by Crippen LogP contribution is -2.47. The molecule has 0 aliphatic heterocycles. The Bertz CT molecular complexity index is 2060. The zero-order chi connectivity index (χ0) is 40.3. The first-order valence-corrected chi connectivity index (χ1v) is 18.5. The van der Waals surface area contributed by atoms with Crippen molar-refractivity contribution >= 4 is 17.7 Å². The first-order valence-electron chi connectivity index (χ1n) is 18.5. The van der Waals surface area contributed by atoms with E-state index in [-0.39, 0.29) is 28.7 Å². The third-order valence-electron chi connectivity index (χ3n) is 9.68. The van der Waals surface area contributed by atoms with Gasteiger partial charge >= 0.3 is 18.7 Å². The molecule has 3 aliphatic rings. The van der Waals surface area contributed by atoms with Crippen molar-refractivity contribution in [1.82, 2.24) is 25.3 Å². The molecule has 0 saturated heterocycles. The maximum Gasteiger partial charge on any atom is 0.573 e. The summed E-state index contributed by atoms with van der Waals surface area (Å²) >= 11 is 0. The number of esters is 1. The van der Waals surface area contributed by atoms with Crippen LogP contribution in [0.3, 0.4) is 0 Å². The van der Waals surface area contributed by atoms with Gasteiger partial charge in [0.25, 0.3) is 5.91 Å². The van der Waals surface area contributed by atoms with Crippen molar-refractivity contribution in [3.05, 3.63) is 72.3 Å². The Morgan fingerprint density at radius 3 is 1.89 bits per heavy atom. The summed E-state index contributed by atoms with van der Waals surface area (Å²) in [6.07, 6.45) is -1.51. The van der Waals surface area contributed by atoms with Crippen LogP contribution in [0, 0.1) is 11.8 Å². The summed E-state index contributed by atoms with van der Waals surface area (Å²) in [5.41, 5.74) is 0.935. The molecule has 18 heteroatoms. The molecule has 4 aromatic rings. The van der Waals surface area contributed by atoms with Gasteiger partial charge in [-0.3, -0.25) is 4.79 Å². The van der Waals surface area contributed by atoms with Gasteiger partial charge < -0.3 is 29.2 Å². The van der Waals surface area contributed by atoms with Crippen LogP contribution >= 0.6 is 0 Å². The molecule has 0 bridgehead atoms. The van der Waals surface area contributed by atoms with E-state index < -0.39 is 48.2 Å². The topological polar surface area (TPSA) is 138 Å². The van der Waals surface area contributed by atoms with Crippen molar-refractivity contribution in [3.63, 3.8) is 0 Å². The first kappa shape index (κ1) is 39.6. The van der Waals surface area contributed by atoms with Gasteiger partial charge in [0.2, 0.25) is 5.88 Å². The minimum Gasteiger partial charge on any atom is -0.476 e. The number of nitrogens with one attached hydrogen (secondary N) is 1. The lowest BCUT2D eigenvalue weighted by atomic mass is 9.92. The highest BCUT2D eigenvalue weighted by molar-refractivity contribution is 5.93. The molecule has 3 aliphatic carbocycles. The average Bonchev–Trinajstić information content (AvgIpc) is 4.11. The molecule has 57 heavy (non-hydrogen) atoms. The van der Waals surface area contributed by atoms with Crippen molar-refractivity contribution in [2.45, 2.75) is 76.2 Å². The number of nitrogens with zero attached hydrogens (tertiary/aromatic N) is 5. The fraction of sp³-hybridized carbons (Fsp3) is 0.436. The summed E-state index contributed by atoms with van der Waals surface area (Å²) in [6.45, 7) is 1.04. The Hall–Kier alpha value is -5.68. The molecule has 3 saturated carbocycles. The Morgan fingerprint density at radius 1 is 0.737 bits per heavy atom. The lowest BCUT2D eigenvalue weighted by Gasteiger charge is -2.31. The van der Waals surface area contributed by atoms with Gasteiger partial charge in [0.05, 0.1) is 25.0 Å². The van der Waals surface area contributed by atoms with Crippen LogP contribution in [0.1, 0.15) is 72.3 Å². The van der Waals surface area contributed by atoms with E-state index in [4.69, 9.17) is 9.47 Å². The fourth-order valence-corrected chi connectivity index (χ4v) is 6.46. The standard InChI is InChI=1S/C39H38F6N6O6/c1-51(20-22-6-7-22)34-32(24-10-14-26(15-11-24)56-38(40,41)42)48-29(18-46-34)35(52)50-28-4-2-3-5-31(28)55-37(53)30-19-47-36(54-21-23-8-9-23)33(49-30)25-12-16-27(17-13-25)57-39(43,44)45/h10-19,22-23,28,31H,2-9,20-21H2,1H3,(H,50,52)/t28-,31-/m1/s1. The Morgan fingerprint density at radius 2 is 1.30 bits per heavy atom. The predicted molar refractivity (Wildman–Crippen MR) is 191 cm³/mol. The monoisotopic (exact) mass is 800 g/mol. The van der Waals surface area contributed by atoms with E-state index in [0.29, 0.717) is 61.2 Å². The largest absolute Gasteiger partial charge is 0.573 e. The van der Waals surface area contributed by atoms with Crippen molar-refractivity contribution < 1.29 is 54.9 Å². The van der Waals surface area contributed by atoms with Gasteiger partial charge in [0.15, 0.2) is 11.5 Å². The van der Waals surface area contributed by atoms with E-state index in [1.165, 1.54) is 36.7 Å². The van der Waals surface area contributed by atoms with Crippen molar-refractivity contribution in [3.8, 4) is 39.9 Å². The summed E-state index contributed by atoms with van der Waals surface area (Å²) < 4.78 is 96.5. The van der Waals surface area contributed by atoms with Crippen LogP contribution in [0.25, 0.3) is 22.5 Å². The van der Waals surface area contributed by atoms with E-state index in [9.17, 15) is 35.9 Å². The van der Waals surface area contributed by atoms with Crippen molar-refractivity contribution in [1.29, 1.82) is 0 Å². The van der Waals surface area contributed by atoms with Crippen LogP contribution in [-0.2, 0) is 4.74 Å². The second-order valence-electron chi connectivity index (χ2n) is 14.4. The number of rotatable bonds is 14. The van der Waals surface area contributed by atoms with Gasteiger partial charge in [-0.15, -0.1) is 26.3 Å². The molecule has 2 heterocycles. The summed E-state index contributed by atoms with van der Waals surface area (Å²) in [6, 6.07) is 9.46. The minimum absolute atomic E-state index is 0.0520. The van der Waals surface area contributed by atoms with E-state index in [1.54, 1.807) is 0 Å². The molecule has 7 rings (SSSR count). The van der Waals surface area contributed by atoms with E-state index in [2.05, 4.69) is 34.7 Å². The first-order chi connectivity index (χ1) is 27.2. The molecular weight excluding hydrogens is 762 g/mol. The van der Waals surface area contributed by atoms with Crippen LogP contribution < -0.4 is 24.4 Å². The summed E-state index contributed by atoms with van der Waals surface area (Å²) in [4.78, 5) is 47.1. The van der Waals surface area contributed by atoms with Gasteiger partial charge in [-0.05, 0) is 105 Å². The maximum atomic E-state index is 13.7. The highest BCUT2D eigenvalue weighted by Crippen LogP contribution is 2.36. The number of ether oxygens (including phenoxy) is 4. The number of halogens is 6. The number of carbonyl (C=O) groups is 2. The number of hydrogen-bond donors (Lipinski definition) is 1. The van der Waals surface area contributed by atoms with Gasteiger partial charge in [0, 0.05) is 24.7 Å². The smallest absolute Gasteiger partial charge is 0.476 e. The molecule has 2 atom stereocenters. The van der Waals surface area contributed by atoms with Gasteiger partial charge in [-0.1, -0.05) is 6.42 Å². The third kappa shape index (κ3) is 10.8. The summed E-state index contributed by atoms with van der Waals surface area (Å²) in [5, 5.41) is 2.92. The van der Waals surface area contributed by atoms with Crippen molar-refractivity contribution in [2.24, 2.45) is 11.8 Å². The third-order valence-corrected chi connectivity index (χ3v) is 9.68. The second kappa shape index (κ2) is 16.4. The molecule has 1 amide bonds. The molecule has 2 aromatic carbocycles. The molecule has 0 unspecified atom stereocenters. The summed E-state index contributed by atoms with van der Waals surface area (Å²) in [5.74, 6) is -0.899. The van der Waals surface area contributed by atoms with Gasteiger partial charge in [0.1, 0.15) is 34.7 Å². The molecule has 302 valence electrons. The molecule has 1 N–H and O–H groups in total. The number of aromatic nitrogens is 4. The van der Waals surface area contributed by atoms with Gasteiger partial charge in [-0.25, -0.2) is 24.7 Å². The number of carbonyl (C=O) groups excluding carboxylic acids is 2. The minimum atomic E-state index is -4.87. The number of anilines is 1. The number of amides is 1. The average molecular weight is 801 g/mol. The lowest BCUT2D eigenvalue weighted by molar-refractivity contribution is -0.275. The molecule has 3 fully saturated rings. The number of alkyl halides is 6. The SMILES string of the molecule is CN(CC1CC1)c1ncc(C(=O)N[C@@H]2CCCC[C@H]2OC(=O)c2cnc(OCC3CC3)c(-c3ccc(OC(F)(F)F)cc3)n2)nc1-c1ccc(OC(F)(F)F)cc1. The highest BCUT2D eigenvalue weighted by atomic mass is 19.4. The maximum absolute atomic E-state index is 13.7. The zero-order valence-electron chi connectivity index (χ0n) is 30.6. The Kier molecular flexibility index (Phi) is 11.4. The molecule has 2 aromatic heterocycles. The van der Waals surface area contributed by atoms with Crippen LogP contribution in [-0.4, -0.2) is 76.9 Å². The predicted octanol–water partition coefficient (Wildman–Crippen LogP) is 7.93. The van der Waals surface area contributed by atoms with E-state index in [0.717, 1.165) is 56.4 Å². The van der Waals surface area contributed by atoms with Gasteiger partial charge in [-0.2, -0.15) is 0 Å². The quantitative estimate of drug-likeness (QED) is 0.0983. The van der Waals surface area contributed by atoms with Crippen LogP contribution in [0.2, 0.25) is 0 Å². The molecule has 0 spiro atoms. The molecule has 12 nitrogen and oxygen atoms in total. The highest BCUT2D eigenvalue weighted by Gasteiger charge is 2.34. The van der Waals surface area contributed by atoms with E-state index >= 15 is 0 Å². The van der Waals surface area contributed by atoms with Crippen LogP contribution in [0.5, 0.6) is 17.4 Å². The molecule has 0 radical (unpaired) electrons. The van der Waals surface area contributed by atoms with E-state index in [1.807, 2.05) is 11.9 Å². The van der Waals surface area contributed by atoms with Crippen LogP contribution in [0.4, 0.5) is 32.2 Å². The Balaban J connectivity index is 1.08. The molecular formula is C39H38F6N6O6. The Labute approximate surface area is 322 Å². The zero-order valence-corrected chi connectivity index (χ0v) is 30.6. The number of benzene rings is 2. The van der Waals surface area contributed by atoms with Crippen LogP contribution in [0.15, 0.2) is 60.9 Å². The number of hydrogen-bond acceptors (Lipinski definition) is 11. The second-order valence-corrected chi connectivity index (χ2v) is 14.4.